The van der Waals surface area contributed by atoms with Crippen LogP contribution in [0.3, 0.4) is 0 Å². The second kappa shape index (κ2) is 12.0. The van der Waals surface area contributed by atoms with E-state index in [0.29, 0.717) is 6.61 Å². The lowest BCUT2D eigenvalue weighted by Gasteiger charge is -2.33. The highest BCUT2D eigenvalue weighted by Gasteiger charge is 2.33. The Balaban J connectivity index is 1.28. The zero-order valence-electron chi connectivity index (χ0n) is 25.9. The number of hydrogen-bond donors (Lipinski definition) is 0. The molecule has 3 fully saturated rings. The number of aryl methyl sites for hydroxylation is 2. The highest BCUT2D eigenvalue weighted by atomic mass is 16.6. The van der Waals surface area contributed by atoms with Gasteiger partial charge >= 0.3 is 0 Å². The average molecular weight is 551 g/mol. The topological polar surface area (TPSA) is 21.8 Å². The summed E-state index contributed by atoms with van der Waals surface area (Å²) in [5.74, 6) is 3.00. The maximum absolute atomic E-state index is 6.71. The van der Waals surface area contributed by atoms with E-state index in [-0.39, 0.29) is 16.9 Å². The van der Waals surface area contributed by atoms with Crippen LogP contribution in [0.25, 0.3) is 0 Å². The van der Waals surface area contributed by atoms with Crippen molar-refractivity contribution in [2.75, 3.05) is 13.2 Å². The fourth-order valence-electron chi connectivity index (χ4n) is 6.82. The molecule has 0 spiro atoms. The normalized spacial score (nSPS) is 18.9. The highest BCUT2D eigenvalue weighted by Crippen LogP contribution is 2.42. The first kappa shape index (κ1) is 28.5. The number of benzene rings is 3. The largest absolute Gasteiger partial charge is 0.490 e. The van der Waals surface area contributed by atoms with Crippen LogP contribution in [-0.2, 0) is 41.3 Å². The molecule has 0 bridgehead atoms. The smallest absolute Gasteiger partial charge is 0.126 e. The lowest BCUT2D eigenvalue weighted by atomic mass is 9.73. The van der Waals surface area contributed by atoms with Crippen molar-refractivity contribution >= 4 is 0 Å². The molecule has 218 valence electrons. The minimum atomic E-state index is -0.0578. The predicted octanol–water partition coefficient (Wildman–Crippen LogP) is 9.19. The molecule has 2 saturated carbocycles. The molecule has 1 aliphatic heterocycles. The molecule has 0 N–H and O–H groups in total. The predicted molar refractivity (Wildman–Crippen MR) is 170 cm³/mol. The van der Waals surface area contributed by atoms with E-state index in [9.17, 15) is 0 Å². The monoisotopic (exact) mass is 550 g/mol. The van der Waals surface area contributed by atoms with Crippen LogP contribution in [0.15, 0.2) is 66.7 Å². The van der Waals surface area contributed by atoms with Gasteiger partial charge in [-0.1, -0.05) is 120 Å². The van der Waals surface area contributed by atoms with Crippen molar-refractivity contribution in [1.29, 1.82) is 0 Å². The molecule has 1 unspecified atom stereocenters. The second-order valence-corrected chi connectivity index (χ2v) is 14.6. The van der Waals surface area contributed by atoms with Crippen molar-refractivity contribution in [3.8, 4) is 5.75 Å². The van der Waals surface area contributed by atoms with Crippen molar-refractivity contribution in [2.45, 2.75) is 109 Å². The van der Waals surface area contributed by atoms with Crippen LogP contribution in [-0.4, -0.2) is 19.3 Å². The molecule has 2 nitrogen and oxygen atoms in total. The fraction of sp³-hybridized carbons (Fsp3) is 0.538. The number of para-hydroxylation sites is 1. The lowest BCUT2D eigenvalue weighted by molar-refractivity contribution is 0.254. The summed E-state index contributed by atoms with van der Waals surface area (Å²) in [5, 5.41) is 0. The number of rotatable bonds is 15. The summed E-state index contributed by atoms with van der Waals surface area (Å²) in [6.07, 6.45) is 13.0. The van der Waals surface area contributed by atoms with E-state index < -0.39 is 0 Å². The Morgan fingerprint density at radius 3 is 1.80 bits per heavy atom. The summed E-state index contributed by atoms with van der Waals surface area (Å²) in [6, 6.07) is 25.2. The van der Waals surface area contributed by atoms with E-state index in [1.54, 1.807) is 0 Å². The van der Waals surface area contributed by atoms with E-state index in [0.717, 1.165) is 37.0 Å². The van der Waals surface area contributed by atoms with Crippen LogP contribution in [0.5, 0.6) is 5.75 Å². The third kappa shape index (κ3) is 7.44. The average Bonchev–Trinajstić information content (AvgIpc) is 3.80. The van der Waals surface area contributed by atoms with Crippen molar-refractivity contribution in [3.05, 3.63) is 100 Å². The first-order chi connectivity index (χ1) is 19.8. The maximum Gasteiger partial charge on any atom is 0.126 e. The molecule has 2 heteroatoms. The van der Waals surface area contributed by atoms with Crippen LogP contribution in [0.4, 0.5) is 0 Å². The number of epoxide rings is 1. The molecule has 3 aromatic carbocycles. The molecule has 1 saturated heterocycles. The third-order valence-corrected chi connectivity index (χ3v) is 9.81. The van der Waals surface area contributed by atoms with Gasteiger partial charge in [0.05, 0.1) is 6.61 Å². The SMILES string of the molecule is CC(C)(Cc1cccc(C(C)(C)Cc2ccccc2CCC2CC2)c1OCC1CO1)c1ccccc1CCC1CC1. The van der Waals surface area contributed by atoms with Crippen molar-refractivity contribution < 1.29 is 9.47 Å². The second-order valence-electron chi connectivity index (χ2n) is 14.6. The Morgan fingerprint density at radius 1 is 0.634 bits per heavy atom. The summed E-state index contributed by atoms with van der Waals surface area (Å²) < 4.78 is 12.3. The first-order valence-electron chi connectivity index (χ1n) is 16.3. The molecule has 2 aliphatic carbocycles. The van der Waals surface area contributed by atoms with Crippen molar-refractivity contribution in [2.24, 2.45) is 11.8 Å². The molecule has 0 radical (unpaired) electrons. The fourth-order valence-corrected chi connectivity index (χ4v) is 6.82. The van der Waals surface area contributed by atoms with E-state index in [1.807, 2.05) is 0 Å². The molecule has 41 heavy (non-hydrogen) atoms. The summed E-state index contributed by atoms with van der Waals surface area (Å²) in [4.78, 5) is 0. The van der Waals surface area contributed by atoms with E-state index in [2.05, 4.69) is 94.4 Å². The molecule has 1 atom stereocenters. The molecule has 1 heterocycles. The third-order valence-electron chi connectivity index (χ3n) is 9.81. The molecule has 0 aromatic heterocycles. The summed E-state index contributed by atoms with van der Waals surface area (Å²) in [6.45, 7) is 11.1. The van der Waals surface area contributed by atoms with Gasteiger partial charge in [0.15, 0.2) is 0 Å². The van der Waals surface area contributed by atoms with Gasteiger partial charge < -0.3 is 9.47 Å². The van der Waals surface area contributed by atoms with Crippen molar-refractivity contribution in [1.82, 2.24) is 0 Å². The van der Waals surface area contributed by atoms with Crippen LogP contribution < -0.4 is 4.74 Å². The zero-order valence-corrected chi connectivity index (χ0v) is 25.9. The molecule has 0 amide bonds. The van der Waals surface area contributed by atoms with Gasteiger partial charge in [0.25, 0.3) is 0 Å². The maximum atomic E-state index is 6.71. The van der Waals surface area contributed by atoms with E-state index in [1.165, 1.54) is 84.7 Å². The molecular formula is C39H50O2. The van der Waals surface area contributed by atoms with Gasteiger partial charge in [0, 0.05) is 5.56 Å². The van der Waals surface area contributed by atoms with Crippen molar-refractivity contribution in [3.63, 3.8) is 0 Å². The quantitative estimate of drug-likeness (QED) is 0.176. The first-order valence-corrected chi connectivity index (χ1v) is 16.3. The summed E-state index contributed by atoms with van der Waals surface area (Å²) in [7, 11) is 0. The van der Waals surface area contributed by atoms with E-state index in [4.69, 9.17) is 9.47 Å². The molecule has 3 aliphatic rings. The Hall–Kier alpha value is -2.58. The summed E-state index contributed by atoms with van der Waals surface area (Å²) in [5.41, 5.74) is 8.63. The van der Waals surface area contributed by atoms with Crippen LogP contribution in [0.2, 0.25) is 0 Å². The standard InChI is InChI=1S/C39H50O2/c1-38(2,35-14-8-7-11-31(35)23-21-29-18-19-29)25-33-13-9-15-36(37(33)41-27-34-26-40-34)39(3,4)24-32-12-6-5-10-30(32)22-20-28-16-17-28/h5-15,28-29,34H,16-27H2,1-4H3. The van der Waals surface area contributed by atoms with Gasteiger partial charge in [-0.05, 0) is 89.0 Å². The van der Waals surface area contributed by atoms with E-state index >= 15 is 0 Å². The Kier molecular flexibility index (Phi) is 8.32. The number of ether oxygens (including phenoxy) is 2. The molecule has 6 rings (SSSR count). The van der Waals surface area contributed by atoms with Crippen LogP contribution in [0.1, 0.15) is 99.6 Å². The Morgan fingerprint density at radius 2 is 1.15 bits per heavy atom. The minimum Gasteiger partial charge on any atom is -0.490 e. The van der Waals surface area contributed by atoms with Gasteiger partial charge in [0.2, 0.25) is 0 Å². The lowest BCUT2D eigenvalue weighted by Crippen LogP contribution is -2.26. The minimum absolute atomic E-state index is 0.00646. The van der Waals surface area contributed by atoms with Gasteiger partial charge in [-0.2, -0.15) is 0 Å². The van der Waals surface area contributed by atoms with Gasteiger partial charge in [0.1, 0.15) is 18.5 Å². The van der Waals surface area contributed by atoms with Gasteiger partial charge in [-0.25, -0.2) is 0 Å². The Bertz CT molecular complexity index is 1320. The number of hydrogen-bond acceptors (Lipinski definition) is 2. The molecule has 3 aromatic rings. The van der Waals surface area contributed by atoms with Gasteiger partial charge in [-0.3, -0.25) is 0 Å². The van der Waals surface area contributed by atoms with Gasteiger partial charge in [-0.15, -0.1) is 0 Å². The van der Waals surface area contributed by atoms with Crippen LogP contribution in [0, 0.1) is 11.8 Å². The summed E-state index contributed by atoms with van der Waals surface area (Å²) >= 11 is 0. The Labute approximate surface area is 248 Å². The van der Waals surface area contributed by atoms with Crippen LogP contribution >= 0.6 is 0 Å². The molecular weight excluding hydrogens is 500 g/mol. The zero-order chi connectivity index (χ0) is 28.5. The highest BCUT2D eigenvalue weighted by molar-refractivity contribution is 5.49.